The van der Waals surface area contributed by atoms with E-state index in [1.165, 1.54) is 44.9 Å². The molecule has 1 aliphatic rings. The van der Waals surface area contributed by atoms with E-state index >= 15 is 0 Å². The summed E-state index contributed by atoms with van der Waals surface area (Å²) >= 11 is 1.70. The molecule has 1 aromatic heterocycles. The van der Waals surface area contributed by atoms with Crippen molar-refractivity contribution in [3.8, 4) is 0 Å². The van der Waals surface area contributed by atoms with Crippen LogP contribution in [0.25, 0.3) is 0 Å². The number of hydrogen-bond donors (Lipinski definition) is 1. The van der Waals surface area contributed by atoms with Crippen molar-refractivity contribution < 1.29 is 0 Å². The van der Waals surface area contributed by atoms with E-state index in [2.05, 4.69) is 15.5 Å². The molecule has 0 amide bonds. The second-order valence-corrected chi connectivity index (χ2v) is 5.90. The van der Waals surface area contributed by atoms with Gasteiger partial charge in [-0.15, -0.1) is 21.5 Å². The van der Waals surface area contributed by atoms with Gasteiger partial charge < -0.3 is 5.32 Å². The molecule has 2 rings (SSSR count). The van der Waals surface area contributed by atoms with Crippen molar-refractivity contribution in [3.05, 3.63) is 10.0 Å². The molecule has 0 bridgehead atoms. The highest BCUT2D eigenvalue weighted by Crippen LogP contribution is 2.17. The van der Waals surface area contributed by atoms with E-state index in [1.807, 2.05) is 6.92 Å². The van der Waals surface area contributed by atoms with Crippen LogP contribution < -0.4 is 5.32 Å². The molecule has 90 valence electrons. The van der Waals surface area contributed by atoms with Crippen LogP contribution in [-0.4, -0.2) is 16.2 Å². The van der Waals surface area contributed by atoms with Crippen molar-refractivity contribution in [2.75, 3.05) is 0 Å². The van der Waals surface area contributed by atoms with Gasteiger partial charge in [-0.2, -0.15) is 0 Å². The number of nitrogens with zero attached hydrogens (tertiary/aromatic N) is 2. The maximum absolute atomic E-state index is 4.15. The summed E-state index contributed by atoms with van der Waals surface area (Å²) in [5, 5.41) is 14.0. The van der Waals surface area contributed by atoms with Gasteiger partial charge in [0.05, 0.1) is 0 Å². The maximum atomic E-state index is 4.15. The Morgan fingerprint density at radius 1 is 1.12 bits per heavy atom. The van der Waals surface area contributed by atoms with Crippen LogP contribution in [0, 0.1) is 6.92 Å². The van der Waals surface area contributed by atoms with Crippen molar-refractivity contribution in [2.24, 2.45) is 0 Å². The SMILES string of the molecule is Cc1nnc(CNC2CCCCCCC2)s1. The summed E-state index contributed by atoms with van der Waals surface area (Å²) in [5.74, 6) is 0. The summed E-state index contributed by atoms with van der Waals surface area (Å²) in [6.07, 6.45) is 9.68. The van der Waals surface area contributed by atoms with E-state index in [0.717, 1.165) is 16.6 Å². The zero-order valence-electron chi connectivity index (χ0n) is 10.0. The number of aromatic nitrogens is 2. The van der Waals surface area contributed by atoms with E-state index in [-0.39, 0.29) is 0 Å². The van der Waals surface area contributed by atoms with Gasteiger partial charge in [-0.25, -0.2) is 0 Å². The fourth-order valence-corrected chi connectivity index (χ4v) is 2.96. The Kier molecular flexibility index (Phi) is 4.72. The second kappa shape index (κ2) is 6.30. The highest BCUT2D eigenvalue weighted by molar-refractivity contribution is 7.11. The second-order valence-electron chi connectivity index (χ2n) is 4.64. The van der Waals surface area contributed by atoms with Crippen molar-refractivity contribution in [1.82, 2.24) is 15.5 Å². The molecule has 0 radical (unpaired) electrons. The molecule has 16 heavy (non-hydrogen) atoms. The van der Waals surface area contributed by atoms with Crippen LogP contribution in [-0.2, 0) is 6.54 Å². The molecule has 0 spiro atoms. The molecule has 3 nitrogen and oxygen atoms in total. The van der Waals surface area contributed by atoms with Crippen LogP contribution in [0.15, 0.2) is 0 Å². The zero-order valence-corrected chi connectivity index (χ0v) is 10.9. The van der Waals surface area contributed by atoms with E-state index in [0.29, 0.717) is 6.04 Å². The lowest BCUT2D eigenvalue weighted by Gasteiger charge is -2.20. The summed E-state index contributed by atoms with van der Waals surface area (Å²) in [7, 11) is 0. The first-order valence-corrected chi connectivity index (χ1v) is 7.18. The normalized spacial score (nSPS) is 19.3. The predicted octanol–water partition coefficient (Wildman–Crippen LogP) is 3.05. The maximum Gasteiger partial charge on any atom is 0.131 e. The fraction of sp³-hybridized carbons (Fsp3) is 0.833. The minimum atomic E-state index is 0.699. The number of aryl methyl sites for hydroxylation is 1. The van der Waals surface area contributed by atoms with Crippen LogP contribution in [0.2, 0.25) is 0 Å². The third kappa shape index (κ3) is 3.83. The third-order valence-corrected chi connectivity index (χ3v) is 4.05. The minimum absolute atomic E-state index is 0.699. The Labute approximate surface area is 102 Å². The molecular formula is C12H21N3S. The fourth-order valence-electron chi connectivity index (χ4n) is 2.30. The lowest BCUT2D eigenvalue weighted by Crippen LogP contribution is -2.29. The van der Waals surface area contributed by atoms with E-state index in [1.54, 1.807) is 11.3 Å². The van der Waals surface area contributed by atoms with Crippen molar-refractivity contribution in [1.29, 1.82) is 0 Å². The molecular weight excluding hydrogens is 218 g/mol. The first-order valence-electron chi connectivity index (χ1n) is 6.37. The molecule has 1 aromatic rings. The summed E-state index contributed by atoms with van der Waals surface area (Å²) < 4.78 is 0. The first-order chi connectivity index (χ1) is 7.84. The summed E-state index contributed by atoms with van der Waals surface area (Å²) in [6.45, 7) is 2.91. The van der Waals surface area contributed by atoms with Gasteiger partial charge in [0.25, 0.3) is 0 Å². The van der Waals surface area contributed by atoms with E-state index in [4.69, 9.17) is 0 Å². The zero-order chi connectivity index (χ0) is 11.2. The standard InChI is InChI=1S/C12H21N3S/c1-10-14-15-12(16-10)9-13-11-7-5-3-2-4-6-8-11/h11,13H,2-9H2,1H3. The lowest BCUT2D eigenvalue weighted by atomic mass is 9.97. The minimum Gasteiger partial charge on any atom is -0.308 e. The largest absolute Gasteiger partial charge is 0.308 e. The van der Waals surface area contributed by atoms with Gasteiger partial charge in [0, 0.05) is 12.6 Å². The molecule has 0 unspecified atom stereocenters. The van der Waals surface area contributed by atoms with Gasteiger partial charge in [0.1, 0.15) is 10.0 Å². The van der Waals surface area contributed by atoms with Gasteiger partial charge in [0.2, 0.25) is 0 Å². The molecule has 0 aromatic carbocycles. The first kappa shape index (κ1) is 12.0. The highest BCUT2D eigenvalue weighted by atomic mass is 32.1. The van der Waals surface area contributed by atoms with Gasteiger partial charge in [-0.3, -0.25) is 0 Å². The van der Waals surface area contributed by atoms with Crippen molar-refractivity contribution in [3.63, 3.8) is 0 Å². The molecule has 1 saturated carbocycles. The van der Waals surface area contributed by atoms with Gasteiger partial charge in [-0.05, 0) is 19.8 Å². The number of rotatable bonds is 3. The Morgan fingerprint density at radius 2 is 1.81 bits per heavy atom. The molecule has 1 heterocycles. The molecule has 0 saturated heterocycles. The van der Waals surface area contributed by atoms with Gasteiger partial charge >= 0.3 is 0 Å². The summed E-state index contributed by atoms with van der Waals surface area (Å²) in [6, 6.07) is 0.699. The quantitative estimate of drug-likeness (QED) is 0.881. The summed E-state index contributed by atoms with van der Waals surface area (Å²) in [4.78, 5) is 0. The van der Waals surface area contributed by atoms with Gasteiger partial charge in [0.15, 0.2) is 0 Å². The van der Waals surface area contributed by atoms with E-state index < -0.39 is 0 Å². The van der Waals surface area contributed by atoms with Crippen LogP contribution in [0.4, 0.5) is 0 Å². The number of hydrogen-bond acceptors (Lipinski definition) is 4. The summed E-state index contributed by atoms with van der Waals surface area (Å²) in [5.41, 5.74) is 0. The Bertz CT molecular complexity index is 303. The van der Waals surface area contributed by atoms with Crippen LogP contribution >= 0.6 is 11.3 Å². The van der Waals surface area contributed by atoms with Crippen molar-refractivity contribution >= 4 is 11.3 Å². The third-order valence-electron chi connectivity index (χ3n) is 3.22. The van der Waals surface area contributed by atoms with Crippen LogP contribution in [0.5, 0.6) is 0 Å². The van der Waals surface area contributed by atoms with Crippen LogP contribution in [0.3, 0.4) is 0 Å². The molecule has 1 fully saturated rings. The Balaban J connectivity index is 1.75. The van der Waals surface area contributed by atoms with Crippen molar-refractivity contribution in [2.45, 2.75) is 64.5 Å². The average Bonchev–Trinajstić information content (AvgIpc) is 2.63. The topological polar surface area (TPSA) is 37.8 Å². The Hall–Kier alpha value is -0.480. The molecule has 1 aliphatic carbocycles. The lowest BCUT2D eigenvalue weighted by molar-refractivity contribution is 0.388. The number of nitrogens with one attached hydrogen (secondary N) is 1. The monoisotopic (exact) mass is 239 g/mol. The highest BCUT2D eigenvalue weighted by Gasteiger charge is 2.11. The molecule has 4 heteroatoms. The molecule has 0 aliphatic heterocycles. The molecule has 1 N–H and O–H groups in total. The molecule has 0 atom stereocenters. The predicted molar refractivity (Wildman–Crippen MR) is 67.6 cm³/mol. The van der Waals surface area contributed by atoms with Gasteiger partial charge in [-0.1, -0.05) is 32.1 Å². The smallest absolute Gasteiger partial charge is 0.131 e. The van der Waals surface area contributed by atoms with Crippen LogP contribution in [0.1, 0.15) is 55.0 Å². The average molecular weight is 239 g/mol. The van der Waals surface area contributed by atoms with E-state index in [9.17, 15) is 0 Å². The Morgan fingerprint density at radius 3 is 2.44 bits per heavy atom.